The van der Waals surface area contributed by atoms with Crippen LogP contribution in [0, 0.1) is 0 Å². The van der Waals surface area contributed by atoms with E-state index in [0.29, 0.717) is 5.52 Å². The van der Waals surface area contributed by atoms with E-state index in [-0.39, 0.29) is 11.8 Å². The number of phenolic OH excluding ortho intramolecular Hbond substituents is 1. The van der Waals surface area contributed by atoms with E-state index in [1.807, 2.05) is 48.7 Å². The molecule has 1 aliphatic heterocycles. The fourth-order valence-electron chi connectivity index (χ4n) is 3.78. The summed E-state index contributed by atoms with van der Waals surface area (Å²) < 4.78 is 0. The molecule has 1 aliphatic rings. The van der Waals surface area contributed by atoms with E-state index in [1.54, 1.807) is 6.20 Å². The zero-order valence-electron chi connectivity index (χ0n) is 15.0. The van der Waals surface area contributed by atoms with E-state index in [4.69, 9.17) is 0 Å². The Kier molecular flexibility index (Phi) is 4.82. The third kappa shape index (κ3) is 3.16. The molecule has 5 heteroatoms. The molecule has 0 unspecified atom stereocenters. The Morgan fingerprint density at radius 3 is 2.50 bits per heavy atom. The molecule has 2 aromatic heterocycles. The summed E-state index contributed by atoms with van der Waals surface area (Å²) >= 11 is 0. The number of benzene rings is 1. The van der Waals surface area contributed by atoms with E-state index < -0.39 is 0 Å². The van der Waals surface area contributed by atoms with Crippen LogP contribution in [0.3, 0.4) is 0 Å². The van der Waals surface area contributed by atoms with Gasteiger partial charge in [-0.25, -0.2) is 0 Å². The summed E-state index contributed by atoms with van der Waals surface area (Å²) in [7, 11) is 0. The van der Waals surface area contributed by atoms with Crippen molar-refractivity contribution in [3.63, 3.8) is 0 Å². The summed E-state index contributed by atoms with van der Waals surface area (Å²) in [5.41, 5.74) is 2.49. The first kappa shape index (κ1) is 16.9. The Morgan fingerprint density at radius 1 is 0.962 bits per heavy atom. The monoisotopic (exact) mass is 348 g/mol. The average Bonchev–Trinajstić information content (AvgIpc) is 2.71. The topological polar surface area (TPSA) is 52.5 Å². The molecule has 1 aromatic carbocycles. The summed E-state index contributed by atoms with van der Waals surface area (Å²) in [6.45, 7) is 7.25. The highest BCUT2D eigenvalue weighted by Gasteiger charge is 2.29. The van der Waals surface area contributed by atoms with Crippen LogP contribution in [0.2, 0.25) is 0 Å². The average molecular weight is 348 g/mol. The van der Waals surface area contributed by atoms with Gasteiger partial charge in [0.25, 0.3) is 0 Å². The first-order valence-corrected chi connectivity index (χ1v) is 9.22. The van der Waals surface area contributed by atoms with Crippen LogP contribution in [-0.2, 0) is 0 Å². The van der Waals surface area contributed by atoms with Crippen molar-refractivity contribution in [3.05, 3.63) is 66.1 Å². The molecule has 134 valence electrons. The van der Waals surface area contributed by atoms with E-state index in [1.165, 1.54) is 0 Å². The highest BCUT2D eigenvalue weighted by Crippen LogP contribution is 2.37. The van der Waals surface area contributed by atoms with Crippen molar-refractivity contribution in [2.75, 3.05) is 32.7 Å². The number of nitrogens with zero attached hydrogens (tertiary/aromatic N) is 4. The summed E-state index contributed by atoms with van der Waals surface area (Å²) in [6, 6.07) is 13.8. The molecule has 0 radical (unpaired) electrons. The zero-order valence-corrected chi connectivity index (χ0v) is 15.0. The molecule has 0 aliphatic carbocycles. The molecule has 0 spiro atoms. The minimum atomic E-state index is -0.0680. The highest BCUT2D eigenvalue weighted by atomic mass is 16.3. The lowest BCUT2D eigenvalue weighted by Gasteiger charge is -2.39. The van der Waals surface area contributed by atoms with E-state index in [9.17, 15) is 5.11 Å². The van der Waals surface area contributed by atoms with Crippen molar-refractivity contribution in [3.8, 4) is 5.75 Å². The van der Waals surface area contributed by atoms with Gasteiger partial charge in [0.15, 0.2) is 0 Å². The molecular formula is C21H24N4O. The lowest BCUT2D eigenvalue weighted by molar-refractivity contribution is 0.111. The molecule has 1 atom stereocenters. The van der Waals surface area contributed by atoms with Crippen LogP contribution in [0.25, 0.3) is 10.9 Å². The maximum Gasteiger partial charge on any atom is 0.146 e. The van der Waals surface area contributed by atoms with Gasteiger partial charge in [-0.05, 0) is 24.7 Å². The Balaban J connectivity index is 1.78. The van der Waals surface area contributed by atoms with E-state index in [2.05, 4.69) is 26.7 Å². The predicted octanol–water partition coefficient (Wildman–Crippen LogP) is 3.06. The number of hydrogen-bond donors (Lipinski definition) is 1. The standard InChI is InChI=1S/C21H24N4O/c1-2-24-12-14-25(15-13-24)20(18-7-3-4-10-22-18)17-9-8-16-6-5-11-23-19(16)21(17)26/h3-11,20,26H,2,12-15H2,1H3/t20-/m1/s1. The summed E-state index contributed by atoms with van der Waals surface area (Å²) in [5, 5.41) is 11.9. The van der Waals surface area contributed by atoms with Crippen molar-refractivity contribution in [2.45, 2.75) is 13.0 Å². The molecule has 1 saturated heterocycles. The van der Waals surface area contributed by atoms with Crippen LogP contribution in [0.4, 0.5) is 0 Å². The fourth-order valence-corrected chi connectivity index (χ4v) is 3.78. The van der Waals surface area contributed by atoms with Gasteiger partial charge in [-0.2, -0.15) is 0 Å². The van der Waals surface area contributed by atoms with Crippen molar-refractivity contribution in [2.24, 2.45) is 0 Å². The molecule has 26 heavy (non-hydrogen) atoms. The smallest absolute Gasteiger partial charge is 0.146 e. The third-order valence-corrected chi connectivity index (χ3v) is 5.26. The number of likely N-dealkylation sites (N-methyl/N-ethyl adjacent to an activating group) is 1. The number of aromatic hydroxyl groups is 1. The third-order valence-electron chi connectivity index (χ3n) is 5.26. The van der Waals surface area contributed by atoms with Gasteiger partial charge >= 0.3 is 0 Å². The summed E-state index contributed by atoms with van der Waals surface area (Å²) in [6.07, 6.45) is 3.54. The molecule has 0 saturated carbocycles. The molecule has 5 nitrogen and oxygen atoms in total. The zero-order chi connectivity index (χ0) is 17.9. The molecule has 0 bridgehead atoms. The minimum absolute atomic E-state index is 0.0680. The van der Waals surface area contributed by atoms with Gasteiger partial charge in [-0.1, -0.05) is 31.2 Å². The molecule has 3 aromatic rings. The Bertz CT molecular complexity index is 876. The first-order chi connectivity index (χ1) is 12.8. The van der Waals surface area contributed by atoms with Gasteiger partial charge in [0.2, 0.25) is 0 Å². The largest absolute Gasteiger partial charge is 0.505 e. The number of rotatable bonds is 4. The second-order valence-corrected chi connectivity index (χ2v) is 6.71. The predicted molar refractivity (Wildman–Crippen MR) is 103 cm³/mol. The number of aromatic nitrogens is 2. The second kappa shape index (κ2) is 7.40. The maximum absolute atomic E-state index is 11.0. The second-order valence-electron chi connectivity index (χ2n) is 6.71. The molecule has 1 fully saturated rings. The number of hydrogen-bond acceptors (Lipinski definition) is 5. The maximum atomic E-state index is 11.0. The van der Waals surface area contributed by atoms with Crippen molar-refractivity contribution >= 4 is 10.9 Å². The Labute approximate surface area is 153 Å². The molecule has 4 rings (SSSR count). The van der Waals surface area contributed by atoms with Gasteiger partial charge in [0, 0.05) is 49.5 Å². The van der Waals surface area contributed by atoms with Crippen LogP contribution in [0.1, 0.15) is 24.2 Å². The van der Waals surface area contributed by atoms with Crippen molar-refractivity contribution in [1.82, 2.24) is 19.8 Å². The van der Waals surface area contributed by atoms with Crippen LogP contribution in [-0.4, -0.2) is 57.6 Å². The molecular weight excluding hydrogens is 324 g/mol. The van der Waals surface area contributed by atoms with Crippen LogP contribution in [0.5, 0.6) is 5.75 Å². The minimum Gasteiger partial charge on any atom is -0.505 e. The van der Waals surface area contributed by atoms with Crippen LogP contribution < -0.4 is 0 Å². The lowest BCUT2D eigenvalue weighted by Crippen LogP contribution is -2.47. The lowest BCUT2D eigenvalue weighted by atomic mass is 9.97. The van der Waals surface area contributed by atoms with Gasteiger partial charge in [0.05, 0.1) is 11.7 Å². The number of piperazine rings is 1. The normalized spacial score (nSPS) is 17.4. The Morgan fingerprint density at radius 2 is 1.77 bits per heavy atom. The SMILES string of the molecule is CCN1CCN([C@@H](c2ccccn2)c2ccc3cccnc3c2O)CC1. The Hall–Kier alpha value is -2.50. The first-order valence-electron chi connectivity index (χ1n) is 9.22. The molecule has 3 heterocycles. The van der Waals surface area contributed by atoms with E-state index >= 15 is 0 Å². The molecule has 0 amide bonds. The van der Waals surface area contributed by atoms with Gasteiger partial charge in [-0.15, -0.1) is 0 Å². The fraction of sp³-hybridized carbons (Fsp3) is 0.333. The van der Waals surface area contributed by atoms with Gasteiger partial charge in [-0.3, -0.25) is 14.9 Å². The van der Waals surface area contributed by atoms with Crippen LogP contribution >= 0.6 is 0 Å². The molecule has 1 N–H and O–H groups in total. The van der Waals surface area contributed by atoms with Gasteiger partial charge in [0.1, 0.15) is 11.3 Å². The summed E-state index contributed by atoms with van der Waals surface area (Å²) in [4.78, 5) is 13.9. The number of fused-ring (bicyclic) bond motifs is 1. The van der Waals surface area contributed by atoms with Gasteiger partial charge < -0.3 is 10.0 Å². The van der Waals surface area contributed by atoms with Crippen molar-refractivity contribution < 1.29 is 5.11 Å². The van der Waals surface area contributed by atoms with Crippen LogP contribution in [0.15, 0.2) is 54.9 Å². The van der Waals surface area contributed by atoms with Crippen molar-refractivity contribution in [1.29, 1.82) is 0 Å². The quantitative estimate of drug-likeness (QED) is 0.785. The van der Waals surface area contributed by atoms with E-state index in [0.717, 1.165) is 49.4 Å². The summed E-state index contributed by atoms with van der Waals surface area (Å²) in [5.74, 6) is 0.261. The number of pyridine rings is 2. The highest BCUT2D eigenvalue weighted by molar-refractivity contribution is 5.85. The number of phenols is 1.